The number of methoxy groups -OCH3 is 1. The Labute approximate surface area is 155 Å². The van der Waals surface area contributed by atoms with Crippen molar-refractivity contribution in [2.24, 2.45) is 0 Å². The third kappa shape index (κ3) is 4.38. The van der Waals surface area contributed by atoms with E-state index in [1.165, 1.54) is 19.2 Å². The minimum absolute atomic E-state index is 0.0231. The fourth-order valence-electron chi connectivity index (χ4n) is 2.47. The molecule has 1 amide bonds. The summed E-state index contributed by atoms with van der Waals surface area (Å²) in [7, 11) is 1.30. The number of hydrogen-bond donors (Lipinski definition) is 1. The molecule has 1 aromatic heterocycles. The van der Waals surface area contributed by atoms with Crippen LogP contribution in [-0.4, -0.2) is 24.0 Å². The first-order valence-electron chi connectivity index (χ1n) is 8.16. The van der Waals surface area contributed by atoms with E-state index in [9.17, 15) is 14.0 Å². The van der Waals surface area contributed by atoms with Crippen LogP contribution in [0.1, 0.15) is 21.8 Å². The first kappa shape index (κ1) is 18.3. The van der Waals surface area contributed by atoms with Crippen molar-refractivity contribution in [2.45, 2.75) is 13.3 Å². The second kappa shape index (κ2) is 7.82. The second-order valence-corrected chi connectivity index (χ2v) is 5.82. The van der Waals surface area contributed by atoms with Gasteiger partial charge in [-0.25, -0.2) is 14.2 Å². The van der Waals surface area contributed by atoms with Gasteiger partial charge in [-0.2, -0.15) is 0 Å². The minimum Gasteiger partial charge on any atom is -0.465 e. The molecule has 3 aromatic rings. The van der Waals surface area contributed by atoms with Crippen molar-refractivity contribution in [3.8, 4) is 11.5 Å². The maximum absolute atomic E-state index is 13.0. The molecule has 1 N–H and O–H groups in total. The SMILES string of the molecule is COC(=O)c1ccc(NC(=O)Cc2nc(-c3ccc(F)cc3)oc2C)cc1. The van der Waals surface area contributed by atoms with Gasteiger partial charge in [0.2, 0.25) is 11.8 Å². The number of ether oxygens (including phenoxy) is 1. The van der Waals surface area contributed by atoms with E-state index in [-0.39, 0.29) is 18.1 Å². The highest BCUT2D eigenvalue weighted by atomic mass is 19.1. The van der Waals surface area contributed by atoms with Gasteiger partial charge in [-0.15, -0.1) is 0 Å². The van der Waals surface area contributed by atoms with Crippen molar-refractivity contribution in [3.63, 3.8) is 0 Å². The quantitative estimate of drug-likeness (QED) is 0.694. The number of amides is 1. The smallest absolute Gasteiger partial charge is 0.337 e. The van der Waals surface area contributed by atoms with Gasteiger partial charge in [0.05, 0.1) is 24.8 Å². The highest BCUT2D eigenvalue weighted by molar-refractivity contribution is 5.93. The number of halogens is 1. The van der Waals surface area contributed by atoms with E-state index >= 15 is 0 Å². The Hall–Kier alpha value is -3.48. The normalized spacial score (nSPS) is 10.5. The van der Waals surface area contributed by atoms with Gasteiger partial charge in [-0.1, -0.05) is 0 Å². The summed E-state index contributed by atoms with van der Waals surface area (Å²) in [6.07, 6.45) is 0.0231. The Morgan fingerprint density at radius 1 is 1.11 bits per heavy atom. The molecule has 6 nitrogen and oxygen atoms in total. The number of carbonyl (C=O) groups excluding carboxylic acids is 2. The average Bonchev–Trinajstić information content (AvgIpc) is 3.02. The average molecular weight is 368 g/mol. The second-order valence-electron chi connectivity index (χ2n) is 5.82. The summed E-state index contributed by atoms with van der Waals surface area (Å²) in [6.45, 7) is 1.72. The third-order valence-corrected chi connectivity index (χ3v) is 3.90. The molecule has 0 spiro atoms. The van der Waals surface area contributed by atoms with Crippen molar-refractivity contribution in [3.05, 3.63) is 71.4 Å². The van der Waals surface area contributed by atoms with E-state index in [0.29, 0.717) is 34.2 Å². The lowest BCUT2D eigenvalue weighted by molar-refractivity contribution is -0.115. The van der Waals surface area contributed by atoms with Crippen LogP contribution in [0, 0.1) is 12.7 Å². The molecule has 7 heteroatoms. The Morgan fingerprint density at radius 3 is 2.41 bits per heavy atom. The number of carbonyl (C=O) groups is 2. The molecule has 0 aliphatic carbocycles. The van der Waals surface area contributed by atoms with Gasteiger partial charge in [0, 0.05) is 11.3 Å². The Morgan fingerprint density at radius 2 is 1.78 bits per heavy atom. The monoisotopic (exact) mass is 368 g/mol. The molecule has 0 radical (unpaired) electrons. The van der Waals surface area contributed by atoms with Crippen LogP contribution in [0.3, 0.4) is 0 Å². The molecule has 0 aliphatic rings. The maximum atomic E-state index is 13.0. The standard InChI is InChI=1S/C20H17FN2O4/c1-12-17(23-19(27-12)13-3-7-15(21)8-4-13)11-18(24)22-16-9-5-14(6-10-16)20(25)26-2/h3-10H,11H2,1-2H3,(H,22,24). The molecule has 2 aromatic carbocycles. The summed E-state index contributed by atoms with van der Waals surface area (Å²) < 4.78 is 23.2. The zero-order valence-electron chi connectivity index (χ0n) is 14.8. The summed E-state index contributed by atoms with van der Waals surface area (Å²) in [4.78, 5) is 28.0. The van der Waals surface area contributed by atoms with Crippen LogP contribution in [0.25, 0.3) is 11.5 Å². The molecule has 0 unspecified atom stereocenters. The molecule has 27 heavy (non-hydrogen) atoms. The molecule has 0 bridgehead atoms. The van der Waals surface area contributed by atoms with E-state index < -0.39 is 5.97 Å². The van der Waals surface area contributed by atoms with Crippen molar-refractivity contribution >= 4 is 17.6 Å². The van der Waals surface area contributed by atoms with Crippen LogP contribution < -0.4 is 5.32 Å². The van der Waals surface area contributed by atoms with Gasteiger partial charge < -0.3 is 14.5 Å². The third-order valence-electron chi connectivity index (χ3n) is 3.90. The van der Waals surface area contributed by atoms with Crippen LogP contribution in [0.5, 0.6) is 0 Å². The van der Waals surface area contributed by atoms with Crippen LogP contribution in [0.4, 0.5) is 10.1 Å². The molecule has 3 rings (SSSR count). The van der Waals surface area contributed by atoms with Crippen LogP contribution in [0.2, 0.25) is 0 Å². The van der Waals surface area contributed by atoms with Crippen LogP contribution >= 0.6 is 0 Å². The predicted octanol–water partition coefficient (Wildman–Crippen LogP) is 3.76. The highest BCUT2D eigenvalue weighted by Gasteiger charge is 2.15. The van der Waals surface area contributed by atoms with Gasteiger partial charge in [0.15, 0.2) is 0 Å². The van der Waals surface area contributed by atoms with Crippen molar-refractivity contribution < 1.29 is 23.1 Å². The number of benzene rings is 2. The molecule has 0 fully saturated rings. The number of hydrogen-bond acceptors (Lipinski definition) is 5. The number of aromatic nitrogens is 1. The van der Waals surface area contributed by atoms with Crippen LogP contribution in [-0.2, 0) is 16.0 Å². The van der Waals surface area contributed by atoms with Crippen molar-refractivity contribution in [1.29, 1.82) is 0 Å². The lowest BCUT2D eigenvalue weighted by Crippen LogP contribution is -2.15. The number of anilines is 1. The zero-order valence-corrected chi connectivity index (χ0v) is 14.8. The molecule has 0 aliphatic heterocycles. The molecule has 0 atom stereocenters. The lowest BCUT2D eigenvalue weighted by Gasteiger charge is -2.05. The highest BCUT2D eigenvalue weighted by Crippen LogP contribution is 2.22. The van der Waals surface area contributed by atoms with Gasteiger partial charge in [-0.05, 0) is 55.5 Å². The van der Waals surface area contributed by atoms with Crippen molar-refractivity contribution in [2.75, 3.05) is 12.4 Å². The summed E-state index contributed by atoms with van der Waals surface area (Å²) in [5, 5.41) is 2.74. The Kier molecular flexibility index (Phi) is 5.30. The topological polar surface area (TPSA) is 81.4 Å². The first-order chi connectivity index (χ1) is 13.0. The number of nitrogens with one attached hydrogen (secondary N) is 1. The lowest BCUT2D eigenvalue weighted by atomic mass is 10.2. The fourth-order valence-corrected chi connectivity index (χ4v) is 2.47. The van der Waals surface area contributed by atoms with Gasteiger partial charge in [0.1, 0.15) is 11.6 Å². The first-order valence-corrected chi connectivity index (χ1v) is 8.16. The summed E-state index contributed by atoms with van der Waals surface area (Å²) in [5.74, 6) is -0.217. The maximum Gasteiger partial charge on any atom is 0.337 e. The number of aryl methyl sites for hydroxylation is 1. The number of rotatable bonds is 5. The summed E-state index contributed by atoms with van der Waals surface area (Å²) >= 11 is 0. The van der Waals surface area contributed by atoms with E-state index in [4.69, 9.17) is 4.42 Å². The van der Waals surface area contributed by atoms with Gasteiger partial charge in [-0.3, -0.25) is 4.79 Å². The number of nitrogens with zero attached hydrogens (tertiary/aromatic N) is 1. The largest absolute Gasteiger partial charge is 0.465 e. The Balaban J connectivity index is 1.67. The number of esters is 1. The predicted molar refractivity (Wildman–Crippen MR) is 96.7 cm³/mol. The van der Waals surface area contributed by atoms with E-state index in [2.05, 4.69) is 15.0 Å². The summed E-state index contributed by atoms with van der Waals surface area (Å²) in [5.41, 5.74) is 2.07. The molecule has 1 heterocycles. The van der Waals surface area contributed by atoms with Gasteiger partial charge in [0.25, 0.3) is 0 Å². The molecular weight excluding hydrogens is 351 g/mol. The fraction of sp³-hybridized carbons (Fsp3) is 0.150. The molecule has 138 valence electrons. The van der Waals surface area contributed by atoms with Crippen LogP contribution in [0.15, 0.2) is 52.9 Å². The zero-order chi connectivity index (χ0) is 19.4. The summed E-state index contributed by atoms with van der Waals surface area (Å²) in [6, 6.07) is 12.1. The van der Waals surface area contributed by atoms with E-state index in [1.807, 2.05) is 0 Å². The Bertz CT molecular complexity index is 963. The molecule has 0 saturated heterocycles. The number of oxazole rings is 1. The molecule has 0 saturated carbocycles. The van der Waals surface area contributed by atoms with Crippen molar-refractivity contribution in [1.82, 2.24) is 4.98 Å². The van der Waals surface area contributed by atoms with Gasteiger partial charge >= 0.3 is 5.97 Å². The van der Waals surface area contributed by atoms with E-state index in [1.54, 1.807) is 43.3 Å². The van der Waals surface area contributed by atoms with E-state index in [0.717, 1.165) is 0 Å². The minimum atomic E-state index is -0.445. The molecular formula is C20H17FN2O4.